The molecule has 0 unspecified atom stereocenters. The van der Waals surface area contributed by atoms with Crippen LogP contribution in [-0.4, -0.2) is 44.2 Å². The van der Waals surface area contributed by atoms with Crippen molar-refractivity contribution in [2.24, 2.45) is 0 Å². The van der Waals surface area contributed by atoms with Gasteiger partial charge in [0.1, 0.15) is 0 Å². The number of nitrogens with one attached hydrogen (secondary N) is 1. The first-order valence-corrected chi connectivity index (χ1v) is 7.35. The number of hydrogen-bond donors (Lipinski definition) is 1. The van der Waals surface area contributed by atoms with Crippen molar-refractivity contribution in [2.45, 2.75) is 33.4 Å². The van der Waals surface area contributed by atoms with E-state index in [1.807, 2.05) is 7.05 Å². The maximum atomic E-state index is 3.28. The second kappa shape index (κ2) is 6.40. The molecule has 0 spiro atoms. The summed E-state index contributed by atoms with van der Waals surface area (Å²) in [5.74, 6) is 0. The summed E-state index contributed by atoms with van der Waals surface area (Å²) in [5, 5.41) is 3.28. The zero-order valence-electron chi connectivity index (χ0n) is 12.7. The summed E-state index contributed by atoms with van der Waals surface area (Å²) < 4.78 is 0. The minimum Gasteiger partial charge on any atom is -0.369 e. The van der Waals surface area contributed by atoms with E-state index in [1.54, 1.807) is 0 Å². The summed E-state index contributed by atoms with van der Waals surface area (Å²) in [4.78, 5) is 5.09. The molecule has 1 aliphatic rings. The summed E-state index contributed by atoms with van der Waals surface area (Å²) >= 11 is 0. The van der Waals surface area contributed by atoms with E-state index in [2.05, 4.69) is 54.1 Å². The van der Waals surface area contributed by atoms with E-state index >= 15 is 0 Å². The van der Waals surface area contributed by atoms with Gasteiger partial charge in [0.15, 0.2) is 0 Å². The van der Waals surface area contributed by atoms with Crippen molar-refractivity contribution >= 4 is 5.69 Å². The lowest BCUT2D eigenvalue weighted by Gasteiger charge is -2.39. The Morgan fingerprint density at radius 3 is 2.42 bits per heavy atom. The van der Waals surface area contributed by atoms with Gasteiger partial charge in [-0.05, 0) is 39.4 Å². The fourth-order valence-electron chi connectivity index (χ4n) is 2.83. The number of rotatable bonds is 4. The molecule has 0 bridgehead atoms. The van der Waals surface area contributed by atoms with E-state index in [0.717, 1.165) is 19.6 Å². The molecule has 0 radical (unpaired) electrons. The summed E-state index contributed by atoms with van der Waals surface area (Å²) in [5.41, 5.74) is 4.17. The third kappa shape index (κ3) is 3.48. The van der Waals surface area contributed by atoms with Gasteiger partial charge in [-0.3, -0.25) is 4.90 Å². The van der Waals surface area contributed by atoms with Crippen molar-refractivity contribution in [1.29, 1.82) is 0 Å². The molecule has 1 aromatic rings. The molecule has 1 fully saturated rings. The van der Waals surface area contributed by atoms with Crippen molar-refractivity contribution in [2.75, 3.05) is 38.1 Å². The Bertz CT molecular complexity index is 406. The minimum atomic E-state index is 0.664. The first kappa shape index (κ1) is 14.4. The first-order valence-electron chi connectivity index (χ1n) is 7.35. The molecule has 0 aliphatic carbocycles. The predicted octanol–water partition coefficient (Wildman–Crippen LogP) is 2.24. The van der Waals surface area contributed by atoms with Gasteiger partial charge in [0.25, 0.3) is 0 Å². The van der Waals surface area contributed by atoms with E-state index < -0.39 is 0 Å². The van der Waals surface area contributed by atoms with E-state index in [4.69, 9.17) is 0 Å². The Balaban J connectivity index is 2.10. The maximum absolute atomic E-state index is 3.28. The lowest BCUT2D eigenvalue weighted by Crippen LogP contribution is -2.49. The van der Waals surface area contributed by atoms with Crippen LogP contribution in [0.5, 0.6) is 0 Å². The third-order valence-corrected chi connectivity index (χ3v) is 3.99. The average molecular weight is 261 g/mol. The molecule has 1 heterocycles. The first-order chi connectivity index (χ1) is 9.11. The van der Waals surface area contributed by atoms with Crippen molar-refractivity contribution in [3.8, 4) is 0 Å². The van der Waals surface area contributed by atoms with Crippen LogP contribution in [0.2, 0.25) is 0 Å². The largest absolute Gasteiger partial charge is 0.369 e. The zero-order chi connectivity index (χ0) is 13.8. The van der Waals surface area contributed by atoms with Gasteiger partial charge >= 0.3 is 0 Å². The molecule has 1 aromatic carbocycles. The van der Waals surface area contributed by atoms with Crippen LogP contribution in [0.1, 0.15) is 25.0 Å². The van der Waals surface area contributed by atoms with Gasteiger partial charge in [-0.2, -0.15) is 0 Å². The lowest BCUT2D eigenvalue weighted by molar-refractivity contribution is 0.209. The maximum Gasteiger partial charge on any atom is 0.0412 e. The second-order valence-electron chi connectivity index (χ2n) is 5.78. The molecule has 3 heteroatoms. The van der Waals surface area contributed by atoms with Gasteiger partial charge in [-0.25, -0.2) is 0 Å². The van der Waals surface area contributed by atoms with Gasteiger partial charge < -0.3 is 10.2 Å². The number of aryl methyl sites for hydroxylation is 1. The predicted molar refractivity (Wildman–Crippen MR) is 82.9 cm³/mol. The molecule has 0 saturated carbocycles. The third-order valence-electron chi connectivity index (χ3n) is 3.99. The van der Waals surface area contributed by atoms with E-state index in [9.17, 15) is 0 Å². The Morgan fingerprint density at radius 2 is 1.84 bits per heavy atom. The quantitative estimate of drug-likeness (QED) is 0.897. The molecule has 1 saturated heterocycles. The van der Waals surface area contributed by atoms with Crippen LogP contribution in [-0.2, 0) is 6.54 Å². The van der Waals surface area contributed by atoms with Crippen LogP contribution < -0.4 is 10.2 Å². The fraction of sp³-hybridized carbons (Fsp3) is 0.625. The van der Waals surface area contributed by atoms with Crippen molar-refractivity contribution < 1.29 is 0 Å². The fourth-order valence-corrected chi connectivity index (χ4v) is 2.83. The second-order valence-corrected chi connectivity index (χ2v) is 5.78. The van der Waals surface area contributed by atoms with Crippen LogP contribution in [0.25, 0.3) is 0 Å². The van der Waals surface area contributed by atoms with Gasteiger partial charge in [0.05, 0.1) is 0 Å². The normalized spacial score (nSPS) is 17.2. The topological polar surface area (TPSA) is 18.5 Å². The van der Waals surface area contributed by atoms with Gasteiger partial charge in [-0.1, -0.05) is 17.7 Å². The Hall–Kier alpha value is -1.06. The van der Waals surface area contributed by atoms with Crippen LogP contribution in [0.3, 0.4) is 0 Å². The SMILES string of the molecule is CNCc1cc(C)ccc1N1CCN(C(C)C)CC1. The molecule has 106 valence electrons. The van der Waals surface area contributed by atoms with E-state index in [-0.39, 0.29) is 0 Å². The molecule has 3 nitrogen and oxygen atoms in total. The standard InChI is InChI=1S/C16H27N3/c1-13(2)18-7-9-19(10-8-18)16-6-5-14(3)11-15(16)12-17-4/h5-6,11,13,17H,7-10,12H2,1-4H3. The van der Waals surface area contributed by atoms with E-state index in [1.165, 1.54) is 29.9 Å². The van der Waals surface area contributed by atoms with Gasteiger partial charge in [-0.15, -0.1) is 0 Å². The smallest absolute Gasteiger partial charge is 0.0412 e. The minimum absolute atomic E-state index is 0.664. The Morgan fingerprint density at radius 1 is 1.16 bits per heavy atom. The molecular weight excluding hydrogens is 234 g/mol. The van der Waals surface area contributed by atoms with Crippen LogP contribution in [0, 0.1) is 6.92 Å². The number of benzene rings is 1. The molecule has 1 N–H and O–H groups in total. The van der Waals surface area contributed by atoms with Crippen molar-refractivity contribution in [3.05, 3.63) is 29.3 Å². The Labute approximate surface area is 117 Å². The lowest BCUT2D eigenvalue weighted by atomic mass is 10.1. The highest BCUT2D eigenvalue weighted by Gasteiger charge is 2.20. The Kier molecular flexibility index (Phi) is 4.83. The number of anilines is 1. The van der Waals surface area contributed by atoms with Crippen molar-refractivity contribution in [1.82, 2.24) is 10.2 Å². The van der Waals surface area contributed by atoms with Crippen LogP contribution in [0.15, 0.2) is 18.2 Å². The molecule has 0 aromatic heterocycles. The van der Waals surface area contributed by atoms with Crippen LogP contribution >= 0.6 is 0 Å². The highest BCUT2D eigenvalue weighted by molar-refractivity contribution is 5.55. The van der Waals surface area contributed by atoms with Gasteiger partial charge in [0.2, 0.25) is 0 Å². The highest BCUT2D eigenvalue weighted by atomic mass is 15.3. The summed E-state index contributed by atoms with van der Waals surface area (Å²) in [6.45, 7) is 12.3. The average Bonchev–Trinajstić information content (AvgIpc) is 2.39. The summed E-state index contributed by atoms with van der Waals surface area (Å²) in [7, 11) is 2.02. The van der Waals surface area contributed by atoms with E-state index in [0.29, 0.717) is 6.04 Å². The summed E-state index contributed by atoms with van der Waals surface area (Å²) in [6.07, 6.45) is 0. The van der Waals surface area contributed by atoms with Gasteiger partial charge in [0, 0.05) is 44.5 Å². The zero-order valence-corrected chi connectivity index (χ0v) is 12.7. The highest BCUT2D eigenvalue weighted by Crippen LogP contribution is 2.23. The monoisotopic (exact) mass is 261 g/mol. The van der Waals surface area contributed by atoms with Crippen molar-refractivity contribution in [3.63, 3.8) is 0 Å². The molecule has 19 heavy (non-hydrogen) atoms. The molecular formula is C16H27N3. The van der Waals surface area contributed by atoms with Crippen LogP contribution in [0.4, 0.5) is 5.69 Å². The number of nitrogens with zero attached hydrogens (tertiary/aromatic N) is 2. The number of hydrogen-bond acceptors (Lipinski definition) is 3. The number of piperazine rings is 1. The molecule has 0 atom stereocenters. The molecule has 1 aliphatic heterocycles. The molecule has 2 rings (SSSR count). The molecule has 0 amide bonds. The summed E-state index contributed by atoms with van der Waals surface area (Å²) in [6, 6.07) is 7.48.